The molecule has 1 saturated carbocycles. The first-order valence-electron chi connectivity index (χ1n) is 6.99. The van der Waals surface area contributed by atoms with E-state index in [0.717, 1.165) is 12.8 Å². The first-order valence-corrected chi connectivity index (χ1v) is 6.99. The van der Waals surface area contributed by atoms with Crippen molar-refractivity contribution in [3.05, 3.63) is 35.6 Å². The molecule has 1 aliphatic carbocycles. The van der Waals surface area contributed by atoms with Crippen LogP contribution in [0.15, 0.2) is 24.3 Å². The highest BCUT2D eigenvalue weighted by Gasteiger charge is 2.43. The maximum atomic E-state index is 13.8. The molecule has 3 unspecified atom stereocenters. The summed E-state index contributed by atoms with van der Waals surface area (Å²) in [6.07, 6.45) is 1.61. The molecule has 2 nitrogen and oxygen atoms in total. The van der Waals surface area contributed by atoms with E-state index in [9.17, 15) is 9.50 Å². The molecule has 19 heavy (non-hydrogen) atoms. The Morgan fingerprint density at radius 2 is 2.00 bits per heavy atom. The number of halogens is 1. The van der Waals surface area contributed by atoms with E-state index in [0.29, 0.717) is 5.56 Å². The summed E-state index contributed by atoms with van der Waals surface area (Å²) in [5, 5.41) is 10.4. The van der Waals surface area contributed by atoms with Crippen molar-refractivity contribution in [2.75, 3.05) is 7.05 Å². The predicted molar refractivity (Wildman–Crippen MR) is 75.4 cm³/mol. The number of rotatable bonds is 3. The Morgan fingerprint density at radius 1 is 1.37 bits per heavy atom. The Balaban J connectivity index is 2.17. The number of hydrogen-bond donors (Lipinski definition) is 1. The van der Waals surface area contributed by atoms with Gasteiger partial charge in [0.05, 0.1) is 6.10 Å². The normalized spacial score (nSPS) is 27.7. The van der Waals surface area contributed by atoms with Crippen molar-refractivity contribution in [2.24, 2.45) is 5.41 Å². The number of nitrogens with zero attached hydrogens (tertiary/aromatic N) is 1. The van der Waals surface area contributed by atoms with Crippen molar-refractivity contribution in [3.63, 3.8) is 0 Å². The van der Waals surface area contributed by atoms with Crippen molar-refractivity contribution in [3.8, 4) is 0 Å². The Labute approximate surface area is 115 Å². The van der Waals surface area contributed by atoms with Crippen molar-refractivity contribution in [1.82, 2.24) is 4.90 Å². The summed E-state index contributed by atoms with van der Waals surface area (Å²) in [6.45, 7) is 6.19. The fourth-order valence-corrected chi connectivity index (χ4v) is 3.09. The summed E-state index contributed by atoms with van der Waals surface area (Å²) in [5.41, 5.74) is 0.648. The molecule has 2 rings (SSSR count). The molecule has 1 aliphatic rings. The second-order valence-corrected chi connectivity index (χ2v) is 6.40. The van der Waals surface area contributed by atoms with Gasteiger partial charge in [-0.25, -0.2) is 4.39 Å². The number of aliphatic hydroxyl groups excluding tert-OH is 1. The molecule has 1 aromatic carbocycles. The van der Waals surface area contributed by atoms with Gasteiger partial charge < -0.3 is 5.11 Å². The van der Waals surface area contributed by atoms with E-state index >= 15 is 0 Å². The third-order valence-corrected chi connectivity index (χ3v) is 4.74. The molecule has 0 bridgehead atoms. The molecule has 0 saturated heterocycles. The van der Waals surface area contributed by atoms with E-state index in [1.54, 1.807) is 6.07 Å². The lowest BCUT2D eigenvalue weighted by Crippen LogP contribution is -2.43. The molecular weight excluding hydrogens is 241 g/mol. The van der Waals surface area contributed by atoms with Crippen LogP contribution < -0.4 is 0 Å². The Hall–Kier alpha value is -0.930. The largest absolute Gasteiger partial charge is 0.391 e. The van der Waals surface area contributed by atoms with Gasteiger partial charge in [0.15, 0.2) is 0 Å². The average molecular weight is 265 g/mol. The molecule has 1 aromatic rings. The number of benzene rings is 1. The Kier molecular flexibility index (Phi) is 3.98. The van der Waals surface area contributed by atoms with E-state index in [4.69, 9.17) is 0 Å². The minimum atomic E-state index is -0.355. The van der Waals surface area contributed by atoms with E-state index in [1.165, 1.54) is 6.07 Å². The van der Waals surface area contributed by atoms with Gasteiger partial charge in [0.1, 0.15) is 5.82 Å². The molecule has 0 aliphatic heterocycles. The van der Waals surface area contributed by atoms with Crippen LogP contribution in [-0.2, 0) is 0 Å². The summed E-state index contributed by atoms with van der Waals surface area (Å²) in [6, 6.07) is 6.95. The first kappa shape index (κ1) is 14.5. The van der Waals surface area contributed by atoms with Crippen LogP contribution >= 0.6 is 0 Å². The van der Waals surface area contributed by atoms with Crippen LogP contribution in [0.1, 0.15) is 45.2 Å². The molecule has 0 amide bonds. The predicted octanol–water partition coefficient (Wildman–Crippen LogP) is 3.37. The number of aliphatic hydroxyl groups is 1. The van der Waals surface area contributed by atoms with Gasteiger partial charge in [-0.2, -0.15) is 0 Å². The van der Waals surface area contributed by atoms with Crippen LogP contribution in [0.5, 0.6) is 0 Å². The minimum Gasteiger partial charge on any atom is -0.391 e. The SMILES string of the molecule is CC(c1ccccc1F)N(C)C1CCC(C)(C)C1O. The topological polar surface area (TPSA) is 23.5 Å². The van der Waals surface area contributed by atoms with Gasteiger partial charge >= 0.3 is 0 Å². The van der Waals surface area contributed by atoms with Crippen molar-refractivity contribution in [2.45, 2.75) is 51.8 Å². The summed E-state index contributed by atoms with van der Waals surface area (Å²) < 4.78 is 13.8. The van der Waals surface area contributed by atoms with Gasteiger partial charge in [-0.05, 0) is 38.3 Å². The highest BCUT2D eigenvalue weighted by molar-refractivity contribution is 5.21. The monoisotopic (exact) mass is 265 g/mol. The maximum absolute atomic E-state index is 13.8. The molecule has 1 N–H and O–H groups in total. The number of hydrogen-bond acceptors (Lipinski definition) is 2. The standard InChI is InChI=1S/C16H24FNO/c1-11(12-7-5-6-8-13(12)17)18(4)14-9-10-16(2,3)15(14)19/h5-8,11,14-15,19H,9-10H2,1-4H3. The van der Waals surface area contributed by atoms with Crippen molar-refractivity contribution in [1.29, 1.82) is 0 Å². The summed E-state index contributed by atoms with van der Waals surface area (Å²) in [7, 11) is 1.98. The zero-order valence-corrected chi connectivity index (χ0v) is 12.2. The van der Waals surface area contributed by atoms with Gasteiger partial charge in [-0.3, -0.25) is 4.90 Å². The Morgan fingerprint density at radius 3 is 2.53 bits per heavy atom. The van der Waals surface area contributed by atoms with Crippen LogP contribution in [-0.4, -0.2) is 29.2 Å². The molecule has 0 radical (unpaired) electrons. The molecule has 3 heteroatoms. The second kappa shape index (κ2) is 5.22. The zero-order chi connectivity index (χ0) is 14.2. The molecule has 3 atom stereocenters. The van der Waals surface area contributed by atoms with E-state index in [1.807, 2.05) is 26.1 Å². The molecule has 0 heterocycles. The van der Waals surface area contributed by atoms with Gasteiger partial charge in [0, 0.05) is 17.6 Å². The lowest BCUT2D eigenvalue weighted by Gasteiger charge is -2.35. The third kappa shape index (κ3) is 2.67. The van der Waals surface area contributed by atoms with Gasteiger partial charge in [-0.15, -0.1) is 0 Å². The van der Waals surface area contributed by atoms with Crippen molar-refractivity contribution >= 4 is 0 Å². The first-order chi connectivity index (χ1) is 8.84. The van der Waals surface area contributed by atoms with Crippen LogP contribution in [0.3, 0.4) is 0 Å². The summed E-state index contributed by atoms with van der Waals surface area (Å²) in [5.74, 6) is -0.173. The van der Waals surface area contributed by atoms with Gasteiger partial charge in [0.25, 0.3) is 0 Å². The molecular formula is C16H24FNO. The van der Waals surface area contributed by atoms with Crippen LogP contribution in [0, 0.1) is 11.2 Å². The van der Waals surface area contributed by atoms with Gasteiger partial charge in [-0.1, -0.05) is 32.0 Å². The molecule has 0 aromatic heterocycles. The summed E-state index contributed by atoms with van der Waals surface area (Å²) >= 11 is 0. The van der Waals surface area contributed by atoms with E-state index in [2.05, 4.69) is 18.7 Å². The quantitative estimate of drug-likeness (QED) is 0.905. The van der Waals surface area contributed by atoms with Crippen LogP contribution in [0.4, 0.5) is 4.39 Å². The second-order valence-electron chi connectivity index (χ2n) is 6.40. The molecule has 0 spiro atoms. The zero-order valence-electron chi connectivity index (χ0n) is 12.2. The van der Waals surface area contributed by atoms with Crippen LogP contribution in [0.2, 0.25) is 0 Å². The van der Waals surface area contributed by atoms with E-state index in [-0.39, 0.29) is 29.4 Å². The smallest absolute Gasteiger partial charge is 0.127 e. The lowest BCUT2D eigenvalue weighted by molar-refractivity contribution is 0.0111. The fourth-order valence-electron chi connectivity index (χ4n) is 3.09. The van der Waals surface area contributed by atoms with E-state index < -0.39 is 0 Å². The molecule has 106 valence electrons. The Bertz CT molecular complexity index is 446. The van der Waals surface area contributed by atoms with Crippen LogP contribution in [0.25, 0.3) is 0 Å². The average Bonchev–Trinajstić information content (AvgIpc) is 2.63. The summed E-state index contributed by atoms with van der Waals surface area (Å²) in [4.78, 5) is 2.11. The highest BCUT2D eigenvalue weighted by atomic mass is 19.1. The fraction of sp³-hybridized carbons (Fsp3) is 0.625. The molecule has 1 fully saturated rings. The maximum Gasteiger partial charge on any atom is 0.127 e. The lowest BCUT2D eigenvalue weighted by atomic mass is 9.88. The number of likely N-dealkylation sites (N-methyl/N-ethyl adjacent to an activating group) is 1. The minimum absolute atomic E-state index is 0.0326. The highest BCUT2D eigenvalue weighted by Crippen LogP contribution is 2.41. The third-order valence-electron chi connectivity index (χ3n) is 4.74. The van der Waals surface area contributed by atoms with Gasteiger partial charge in [0.2, 0.25) is 0 Å². The van der Waals surface area contributed by atoms with Crippen molar-refractivity contribution < 1.29 is 9.50 Å².